The minimum atomic E-state index is -0.487. The lowest BCUT2D eigenvalue weighted by atomic mass is 10.2. The van der Waals surface area contributed by atoms with Crippen LogP contribution >= 0.6 is 0 Å². The molecular formula is C14H18N2O4. The minimum absolute atomic E-state index is 0.0185. The third-order valence-corrected chi connectivity index (χ3v) is 3.14. The van der Waals surface area contributed by atoms with E-state index in [9.17, 15) is 14.9 Å². The van der Waals surface area contributed by atoms with Crippen LogP contribution in [0, 0.1) is 16.0 Å². The molecular weight excluding hydrogens is 260 g/mol. The number of hydrogen-bond acceptors (Lipinski definition) is 4. The van der Waals surface area contributed by atoms with Crippen LogP contribution in [-0.2, 0) is 4.74 Å². The summed E-state index contributed by atoms with van der Waals surface area (Å²) in [6, 6.07) is 5.56. The number of hydrogen-bond donors (Lipinski definition) is 1. The quantitative estimate of drug-likeness (QED) is 0.449. The van der Waals surface area contributed by atoms with Gasteiger partial charge in [0, 0.05) is 37.5 Å². The maximum Gasteiger partial charge on any atom is 0.269 e. The second kappa shape index (κ2) is 7.00. The van der Waals surface area contributed by atoms with E-state index in [-0.39, 0.29) is 11.6 Å². The zero-order chi connectivity index (χ0) is 14.4. The smallest absolute Gasteiger partial charge is 0.269 e. The van der Waals surface area contributed by atoms with E-state index in [1.54, 1.807) is 0 Å². The molecule has 0 unspecified atom stereocenters. The van der Waals surface area contributed by atoms with Crippen molar-refractivity contribution >= 4 is 11.6 Å². The summed E-state index contributed by atoms with van der Waals surface area (Å²) in [5.41, 5.74) is 0.407. The molecule has 6 heteroatoms. The zero-order valence-corrected chi connectivity index (χ0v) is 11.2. The largest absolute Gasteiger partial charge is 0.381 e. The third-order valence-electron chi connectivity index (χ3n) is 3.14. The molecule has 2 rings (SSSR count). The van der Waals surface area contributed by atoms with Crippen molar-refractivity contribution in [3.05, 3.63) is 39.9 Å². The summed E-state index contributed by atoms with van der Waals surface area (Å²) in [5.74, 6) is 0.534. The molecule has 1 amide bonds. The monoisotopic (exact) mass is 278 g/mol. The molecule has 0 spiro atoms. The number of carbonyl (C=O) groups excluding carboxylic acids is 1. The molecule has 1 aromatic carbocycles. The Morgan fingerprint density at radius 2 is 2.05 bits per heavy atom. The first-order chi connectivity index (χ1) is 9.66. The summed E-state index contributed by atoms with van der Waals surface area (Å²) >= 11 is 0. The van der Waals surface area contributed by atoms with Crippen molar-refractivity contribution in [2.24, 2.45) is 5.92 Å². The Morgan fingerprint density at radius 3 is 2.65 bits per heavy atom. The number of nitro groups is 1. The molecule has 1 fully saturated rings. The molecule has 1 aliphatic carbocycles. The van der Waals surface area contributed by atoms with Crippen molar-refractivity contribution in [2.75, 3.05) is 19.8 Å². The highest BCUT2D eigenvalue weighted by Crippen LogP contribution is 2.28. The van der Waals surface area contributed by atoms with E-state index in [4.69, 9.17) is 4.74 Å². The van der Waals surface area contributed by atoms with Crippen molar-refractivity contribution in [1.82, 2.24) is 5.32 Å². The average molecular weight is 278 g/mol. The molecule has 20 heavy (non-hydrogen) atoms. The maximum absolute atomic E-state index is 11.8. The van der Waals surface area contributed by atoms with Crippen LogP contribution in [0.1, 0.15) is 29.6 Å². The number of rotatable bonds is 8. The number of non-ortho nitro benzene ring substituents is 1. The van der Waals surface area contributed by atoms with E-state index in [1.165, 1.54) is 37.1 Å². The Morgan fingerprint density at radius 1 is 1.35 bits per heavy atom. The van der Waals surface area contributed by atoms with Gasteiger partial charge >= 0.3 is 0 Å². The number of carbonyl (C=O) groups is 1. The van der Waals surface area contributed by atoms with Gasteiger partial charge in [0.25, 0.3) is 11.6 Å². The molecule has 1 saturated carbocycles. The molecule has 0 saturated heterocycles. The van der Waals surface area contributed by atoms with Crippen molar-refractivity contribution in [3.63, 3.8) is 0 Å². The first kappa shape index (κ1) is 14.5. The van der Waals surface area contributed by atoms with Gasteiger partial charge in [0.15, 0.2) is 0 Å². The number of nitrogens with zero attached hydrogens (tertiary/aromatic N) is 1. The fourth-order valence-electron chi connectivity index (χ4n) is 1.75. The highest BCUT2D eigenvalue weighted by molar-refractivity contribution is 5.94. The summed E-state index contributed by atoms with van der Waals surface area (Å²) in [6.45, 7) is 2.02. The third kappa shape index (κ3) is 4.62. The van der Waals surface area contributed by atoms with Gasteiger partial charge in [0.05, 0.1) is 4.92 Å². The van der Waals surface area contributed by atoms with Crippen molar-refractivity contribution < 1.29 is 14.5 Å². The minimum Gasteiger partial charge on any atom is -0.381 e. The van der Waals surface area contributed by atoms with Crippen LogP contribution in [0.2, 0.25) is 0 Å². The Balaban J connectivity index is 1.64. The maximum atomic E-state index is 11.8. The van der Waals surface area contributed by atoms with Gasteiger partial charge in [-0.1, -0.05) is 0 Å². The molecule has 1 aromatic rings. The van der Waals surface area contributed by atoms with E-state index in [0.29, 0.717) is 18.7 Å². The van der Waals surface area contributed by atoms with Crippen LogP contribution in [0.15, 0.2) is 24.3 Å². The first-order valence-electron chi connectivity index (χ1n) is 6.77. The zero-order valence-electron chi connectivity index (χ0n) is 11.2. The fraction of sp³-hybridized carbons (Fsp3) is 0.500. The SMILES string of the molecule is O=C(NCCCOCC1CC1)c1ccc([N+](=O)[O-])cc1. The first-order valence-corrected chi connectivity index (χ1v) is 6.77. The van der Waals surface area contributed by atoms with Gasteiger partial charge < -0.3 is 10.1 Å². The Hall–Kier alpha value is -1.95. The van der Waals surface area contributed by atoms with Crippen molar-refractivity contribution in [2.45, 2.75) is 19.3 Å². The lowest BCUT2D eigenvalue weighted by Gasteiger charge is -2.06. The van der Waals surface area contributed by atoms with Crippen LogP contribution in [0.25, 0.3) is 0 Å². The van der Waals surface area contributed by atoms with Crippen molar-refractivity contribution in [1.29, 1.82) is 0 Å². The van der Waals surface area contributed by atoms with Crippen LogP contribution < -0.4 is 5.32 Å². The molecule has 0 atom stereocenters. The topological polar surface area (TPSA) is 81.5 Å². The lowest BCUT2D eigenvalue weighted by Crippen LogP contribution is -2.25. The van der Waals surface area contributed by atoms with E-state index in [2.05, 4.69) is 5.32 Å². The number of nitrogens with one attached hydrogen (secondary N) is 1. The summed E-state index contributed by atoms with van der Waals surface area (Å²) in [7, 11) is 0. The van der Waals surface area contributed by atoms with E-state index in [1.807, 2.05) is 0 Å². The molecule has 1 N–H and O–H groups in total. The average Bonchev–Trinajstić information content (AvgIpc) is 3.26. The molecule has 1 aliphatic rings. The van der Waals surface area contributed by atoms with Crippen LogP contribution in [0.5, 0.6) is 0 Å². The van der Waals surface area contributed by atoms with E-state index < -0.39 is 4.92 Å². The van der Waals surface area contributed by atoms with Crippen LogP contribution in [-0.4, -0.2) is 30.6 Å². The van der Waals surface area contributed by atoms with Crippen molar-refractivity contribution in [3.8, 4) is 0 Å². The molecule has 108 valence electrons. The second-order valence-corrected chi connectivity index (χ2v) is 4.93. The normalized spacial score (nSPS) is 14.0. The second-order valence-electron chi connectivity index (χ2n) is 4.93. The number of nitro benzene ring substituents is 1. The molecule has 0 radical (unpaired) electrons. The highest BCUT2D eigenvalue weighted by atomic mass is 16.6. The number of benzene rings is 1. The summed E-state index contributed by atoms with van der Waals surface area (Å²) in [5, 5.41) is 13.3. The summed E-state index contributed by atoms with van der Waals surface area (Å²) < 4.78 is 5.46. The fourth-order valence-corrected chi connectivity index (χ4v) is 1.75. The van der Waals surface area contributed by atoms with Gasteiger partial charge in [-0.25, -0.2) is 0 Å². The number of ether oxygens (including phenoxy) is 1. The predicted molar refractivity (Wildman–Crippen MR) is 73.6 cm³/mol. The van der Waals surface area contributed by atoms with E-state index in [0.717, 1.165) is 18.9 Å². The van der Waals surface area contributed by atoms with Gasteiger partial charge in [-0.05, 0) is 37.3 Å². The molecule has 0 heterocycles. The Kier molecular flexibility index (Phi) is 5.06. The molecule has 0 aromatic heterocycles. The summed E-state index contributed by atoms with van der Waals surface area (Å²) in [6.07, 6.45) is 3.32. The van der Waals surface area contributed by atoms with Crippen LogP contribution in [0.4, 0.5) is 5.69 Å². The molecule has 0 aliphatic heterocycles. The van der Waals surface area contributed by atoms with E-state index >= 15 is 0 Å². The molecule has 0 bridgehead atoms. The van der Waals surface area contributed by atoms with Gasteiger partial charge in [-0.15, -0.1) is 0 Å². The predicted octanol–water partition coefficient (Wildman–Crippen LogP) is 2.14. The standard InChI is InChI=1S/C14H18N2O4/c17-14(12-4-6-13(7-5-12)16(18)19)15-8-1-9-20-10-11-2-3-11/h4-7,11H,1-3,8-10H2,(H,15,17). The van der Waals surface area contributed by atoms with Gasteiger partial charge in [-0.2, -0.15) is 0 Å². The Labute approximate surface area is 117 Å². The lowest BCUT2D eigenvalue weighted by molar-refractivity contribution is -0.384. The summed E-state index contributed by atoms with van der Waals surface area (Å²) in [4.78, 5) is 21.8. The number of amides is 1. The van der Waals surface area contributed by atoms with Gasteiger partial charge in [-0.3, -0.25) is 14.9 Å². The van der Waals surface area contributed by atoms with Gasteiger partial charge in [0.1, 0.15) is 0 Å². The van der Waals surface area contributed by atoms with Gasteiger partial charge in [0.2, 0.25) is 0 Å². The Bertz CT molecular complexity index is 469. The highest BCUT2D eigenvalue weighted by Gasteiger charge is 2.20. The molecule has 6 nitrogen and oxygen atoms in total. The van der Waals surface area contributed by atoms with Crippen LogP contribution in [0.3, 0.4) is 0 Å².